The van der Waals surface area contributed by atoms with E-state index < -0.39 is 12.0 Å². The second kappa shape index (κ2) is 13.8. The quantitative estimate of drug-likeness (QED) is 0.140. The zero-order valence-corrected chi connectivity index (χ0v) is 29.0. The molecule has 0 amide bonds. The molecule has 1 aliphatic heterocycles. The Labute approximate surface area is 280 Å². The highest BCUT2D eigenvalue weighted by molar-refractivity contribution is 14.1. The summed E-state index contributed by atoms with van der Waals surface area (Å²) < 4.78 is 34.4. The second-order valence-corrected chi connectivity index (χ2v) is 13.3. The molecular weight excluding hydrogens is 762 g/mol. The Bertz CT molecular complexity index is 1910. The van der Waals surface area contributed by atoms with Crippen LogP contribution in [0.15, 0.2) is 86.2 Å². The lowest BCUT2D eigenvalue weighted by Crippen LogP contribution is -2.40. The Kier molecular flexibility index (Phi) is 10.1. The monoisotopic (exact) mass is 790 g/mol. The van der Waals surface area contributed by atoms with Crippen molar-refractivity contribution >= 4 is 61.9 Å². The molecule has 0 aliphatic carbocycles. The predicted octanol–water partition coefficient (Wildman–Crippen LogP) is 6.67. The van der Waals surface area contributed by atoms with Gasteiger partial charge in [-0.15, -0.1) is 0 Å². The molecule has 44 heavy (non-hydrogen) atoms. The molecule has 0 saturated carbocycles. The van der Waals surface area contributed by atoms with Crippen LogP contribution >= 0.6 is 49.9 Å². The van der Waals surface area contributed by atoms with Gasteiger partial charge in [0.25, 0.3) is 5.56 Å². The van der Waals surface area contributed by atoms with Crippen LogP contribution in [0, 0.1) is 9.39 Å². The number of carbonyl (C=O) groups excluding carboxylic acids is 1. The number of thiazole rings is 1. The van der Waals surface area contributed by atoms with Crippen molar-refractivity contribution in [2.24, 2.45) is 4.99 Å². The number of nitrogens with zero attached hydrogens (tertiary/aromatic N) is 2. The van der Waals surface area contributed by atoms with E-state index in [1.54, 1.807) is 36.6 Å². The summed E-state index contributed by atoms with van der Waals surface area (Å²) in [5.74, 6) is 0.395. The van der Waals surface area contributed by atoms with E-state index in [1.807, 2.05) is 50.2 Å². The van der Waals surface area contributed by atoms with E-state index in [0.717, 1.165) is 14.7 Å². The highest BCUT2D eigenvalue weighted by Gasteiger charge is 2.35. The Morgan fingerprint density at radius 1 is 1.18 bits per heavy atom. The summed E-state index contributed by atoms with van der Waals surface area (Å²) in [6.07, 6.45) is 1.68. The molecule has 0 fully saturated rings. The summed E-state index contributed by atoms with van der Waals surface area (Å²) >= 11 is 7.04. The summed E-state index contributed by atoms with van der Waals surface area (Å²) in [7, 11) is 0. The number of para-hydroxylation sites is 1. The van der Waals surface area contributed by atoms with Crippen LogP contribution in [0.1, 0.15) is 50.4 Å². The Balaban J connectivity index is 1.58. The molecule has 0 radical (unpaired) electrons. The van der Waals surface area contributed by atoms with Crippen molar-refractivity contribution in [3.8, 4) is 11.5 Å². The summed E-state index contributed by atoms with van der Waals surface area (Å²) in [6.45, 7) is 7.81. The summed E-state index contributed by atoms with van der Waals surface area (Å²) in [6, 6.07) is 16.6. The molecule has 1 aromatic heterocycles. The largest absolute Gasteiger partial charge is 0.491 e. The number of ether oxygens (including phenoxy) is 3. The number of aromatic nitrogens is 1. The first-order chi connectivity index (χ1) is 21.1. The molecular formula is C33H29BrFIN2O5S. The van der Waals surface area contributed by atoms with Crippen LogP contribution in [0.4, 0.5) is 4.39 Å². The van der Waals surface area contributed by atoms with Crippen LogP contribution < -0.4 is 24.4 Å². The lowest BCUT2D eigenvalue weighted by molar-refractivity contribution is -0.139. The van der Waals surface area contributed by atoms with Crippen LogP contribution in [0.5, 0.6) is 11.5 Å². The number of hydrogen-bond acceptors (Lipinski definition) is 7. The van der Waals surface area contributed by atoms with Crippen LogP contribution in [-0.4, -0.2) is 23.2 Å². The van der Waals surface area contributed by atoms with Gasteiger partial charge in [-0.2, -0.15) is 0 Å². The van der Waals surface area contributed by atoms with E-state index in [1.165, 1.54) is 23.5 Å². The fourth-order valence-electron chi connectivity index (χ4n) is 4.84. The van der Waals surface area contributed by atoms with Gasteiger partial charge in [0, 0.05) is 5.56 Å². The van der Waals surface area contributed by atoms with Gasteiger partial charge in [0.05, 0.1) is 36.6 Å². The van der Waals surface area contributed by atoms with E-state index >= 15 is 0 Å². The molecule has 4 aromatic rings. The lowest BCUT2D eigenvalue weighted by Gasteiger charge is -2.26. The summed E-state index contributed by atoms with van der Waals surface area (Å²) in [4.78, 5) is 32.5. The molecule has 11 heteroatoms. The molecule has 0 saturated heterocycles. The van der Waals surface area contributed by atoms with E-state index in [9.17, 15) is 14.0 Å². The lowest BCUT2D eigenvalue weighted by atomic mass is 9.95. The van der Waals surface area contributed by atoms with E-state index in [2.05, 4.69) is 43.5 Å². The molecule has 1 aliphatic rings. The third kappa shape index (κ3) is 6.84. The Morgan fingerprint density at radius 3 is 2.59 bits per heavy atom. The molecule has 0 unspecified atom stereocenters. The summed E-state index contributed by atoms with van der Waals surface area (Å²) in [5, 5.41) is 0. The normalized spacial score (nSPS) is 14.8. The fourth-order valence-corrected chi connectivity index (χ4v) is 7.66. The third-order valence-electron chi connectivity index (χ3n) is 6.71. The molecule has 3 aromatic carbocycles. The number of allylic oxidation sites excluding steroid dienone is 1. The molecule has 5 rings (SSSR count). The van der Waals surface area contributed by atoms with Crippen molar-refractivity contribution in [3.63, 3.8) is 0 Å². The van der Waals surface area contributed by atoms with Crippen molar-refractivity contribution in [2.45, 2.75) is 46.4 Å². The molecule has 7 nitrogen and oxygen atoms in total. The van der Waals surface area contributed by atoms with Crippen molar-refractivity contribution in [2.75, 3.05) is 6.61 Å². The highest BCUT2D eigenvalue weighted by Crippen LogP contribution is 2.36. The molecule has 2 heterocycles. The average Bonchev–Trinajstić information content (AvgIpc) is 3.26. The van der Waals surface area contributed by atoms with Gasteiger partial charge in [0.15, 0.2) is 4.80 Å². The number of carbonyl (C=O) groups is 1. The number of hydrogen-bond donors (Lipinski definition) is 0. The zero-order chi connectivity index (χ0) is 31.5. The topological polar surface area (TPSA) is 79.1 Å². The average molecular weight is 791 g/mol. The number of rotatable bonds is 9. The molecule has 0 N–H and O–H groups in total. The van der Waals surface area contributed by atoms with E-state index in [4.69, 9.17) is 14.2 Å². The minimum atomic E-state index is -0.781. The van der Waals surface area contributed by atoms with Crippen molar-refractivity contribution in [3.05, 3.63) is 122 Å². The van der Waals surface area contributed by atoms with Gasteiger partial charge in [0.2, 0.25) is 0 Å². The van der Waals surface area contributed by atoms with Gasteiger partial charge in [-0.25, -0.2) is 14.2 Å². The Morgan fingerprint density at radius 2 is 1.91 bits per heavy atom. The first-order valence-electron chi connectivity index (χ1n) is 13.9. The number of halogens is 3. The minimum Gasteiger partial charge on any atom is -0.491 e. The van der Waals surface area contributed by atoms with Gasteiger partial charge in [-0.3, -0.25) is 9.36 Å². The molecule has 1 atom stereocenters. The van der Waals surface area contributed by atoms with Crippen LogP contribution in [-0.2, 0) is 16.1 Å². The first kappa shape index (κ1) is 32.1. The van der Waals surface area contributed by atoms with Crippen molar-refractivity contribution < 1.29 is 23.4 Å². The van der Waals surface area contributed by atoms with Gasteiger partial charge in [-0.1, -0.05) is 41.7 Å². The zero-order valence-electron chi connectivity index (χ0n) is 24.4. The number of fused-ring (bicyclic) bond motifs is 1. The van der Waals surface area contributed by atoms with Gasteiger partial charge >= 0.3 is 5.97 Å². The smallest absolute Gasteiger partial charge is 0.338 e. The molecule has 0 spiro atoms. The fraction of sp³-hybridized carbons (Fsp3) is 0.242. The second-order valence-electron chi connectivity index (χ2n) is 10.2. The van der Waals surface area contributed by atoms with E-state index in [-0.39, 0.29) is 30.7 Å². The predicted molar refractivity (Wildman–Crippen MR) is 180 cm³/mol. The van der Waals surface area contributed by atoms with Gasteiger partial charge in [-0.05, 0) is 114 Å². The maximum absolute atomic E-state index is 14.1. The maximum Gasteiger partial charge on any atom is 0.338 e. The van der Waals surface area contributed by atoms with Crippen LogP contribution in [0.2, 0.25) is 0 Å². The Hall–Kier alpha value is -3.29. The summed E-state index contributed by atoms with van der Waals surface area (Å²) in [5.41, 5.74) is 2.79. The SMILES string of the molecule is CCOC(=O)C1=C(C)N=c2s/c(=C/c3cc(Br)c(OCc4ccc(F)cc4)c(I)c3)c(=O)n2[C@H]1c1ccccc1OC(C)C. The van der Waals surface area contributed by atoms with Gasteiger partial charge < -0.3 is 14.2 Å². The number of esters is 1. The first-order valence-corrected chi connectivity index (χ1v) is 16.6. The van der Waals surface area contributed by atoms with Crippen molar-refractivity contribution in [1.29, 1.82) is 0 Å². The highest BCUT2D eigenvalue weighted by atomic mass is 127. The van der Waals surface area contributed by atoms with Gasteiger partial charge in [0.1, 0.15) is 30.0 Å². The molecule has 0 bridgehead atoms. The number of benzene rings is 3. The van der Waals surface area contributed by atoms with Crippen LogP contribution in [0.3, 0.4) is 0 Å². The van der Waals surface area contributed by atoms with Crippen LogP contribution in [0.25, 0.3) is 6.08 Å². The standard InChI is InChI=1S/C33H29BrFIN2O5S/c1-5-41-32(40)28-19(4)37-33-38(29(28)23-8-6-7-9-26(23)43-18(2)3)31(39)27(44-33)16-21-14-24(34)30(25(36)15-21)42-17-20-10-12-22(35)13-11-20/h6-16,18,29H,5,17H2,1-4H3/b27-16+/t29-/m0/s1. The maximum atomic E-state index is 14.1. The molecule has 228 valence electrons. The van der Waals surface area contributed by atoms with Crippen molar-refractivity contribution in [1.82, 2.24) is 4.57 Å². The third-order valence-corrected chi connectivity index (χ3v) is 9.08. The minimum absolute atomic E-state index is 0.119. The van der Waals surface area contributed by atoms with E-state index in [0.29, 0.717) is 42.1 Å².